The molecule has 0 aromatic rings. The van der Waals surface area contributed by atoms with E-state index in [0.29, 0.717) is 13.0 Å². The van der Waals surface area contributed by atoms with E-state index < -0.39 is 11.6 Å². The highest BCUT2D eigenvalue weighted by Crippen LogP contribution is 2.19. The molecule has 0 amide bonds. The fourth-order valence-electron chi connectivity index (χ4n) is 0.738. The minimum Gasteiger partial charge on any atom is -0.479 e. The SMILES string of the molecule is CC1(C(=O)O)CCOCO1. The van der Waals surface area contributed by atoms with Crippen LogP contribution in [0.25, 0.3) is 0 Å². The third-order valence-corrected chi connectivity index (χ3v) is 1.64. The Morgan fingerprint density at radius 3 is 2.70 bits per heavy atom. The number of carboxylic acid groups (broad SMARTS) is 1. The van der Waals surface area contributed by atoms with Crippen molar-refractivity contribution in [1.82, 2.24) is 0 Å². The smallest absolute Gasteiger partial charge is 0.335 e. The number of ether oxygens (including phenoxy) is 2. The average Bonchev–Trinajstić information content (AvgIpc) is 1.89. The van der Waals surface area contributed by atoms with Crippen LogP contribution in [0.5, 0.6) is 0 Å². The van der Waals surface area contributed by atoms with Crippen LogP contribution in [0.15, 0.2) is 0 Å². The van der Waals surface area contributed by atoms with Crippen molar-refractivity contribution in [1.29, 1.82) is 0 Å². The van der Waals surface area contributed by atoms with Gasteiger partial charge in [0.2, 0.25) is 0 Å². The maximum Gasteiger partial charge on any atom is 0.335 e. The molecule has 0 radical (unpaired) electrons. The summed E-state index contributed by atoms with van der Waals surface area (Å²) in [5.41, 5.74) is -1.03. The van der Waals surface area contributed by atoms with Crippen LogP contribution in [0.1, 0.15) is 13.3 Å². The van der Waals surface area contributed by atoms with Crippen molar-refractivity contribution in [3.05, 3.63) is 0 Å². The molecule has 1 rings (SSSR count). The van der Waals surface area contributed by atoms with Crippen molar-refractivity contribution in [3.63, 3.8) is 0 Å². The van der Waals surface area contributed by atoms with E-state index in [4.69, 9.17) is 14.6 Å². The molecule has 0 saturated carbocycles. The summed E-state index contributed by atoms with van der Waals surface area (Å²) in [6, 6.07) is 0. The van der Waals surface area contributed by atoms with E-state index in [0.717, 1.165) is 0 Å². The lowest BCUT2D eigenvalue weighted by Gasteiger charge is -2.29. The number of aliphatic carboxylic acids is 1. The van der Waals surface area contributed by atoms with E-state index in [9.17, 15) is 4.79 Å². The zero-order valence-corrected chi connectivity index (χ0v) is 5.79. The monoisotopic (exact) mass is 146 g/mol. The summed E-state index contributed by atoms with van der Waals surface area (Å²) in [4.78, 5) is 10.5. The summed E-state index contributed by atoms with van der Waals surface area (Å²) < 4.78 is 9.73. The molecule has 10 heavy (non-hydrogen) atoms. The van der Waals surface area contributed by atoms with Crippen LogP contribution in [-0.4, -0.2) is 30.1 Å². The second-order valence-electron chi connectivity index (χ2n) is 2.46. The van der Waals surface area contributed by atoms with E-state index in [2.05, 4.69) is 0 Å². The molecule has 1 heterocycles. The van der Waals surface area contributed by atoms with E-state index >= 15 is 0 Å². The molecule has 1 saturated heterocycles. The fourth-order valence-corrected chi connectivity index (χ4v) is 0.738. The molecule has 0 spiro atoms. The molecule has 0 aromatic carbocycles. The first-order chi connectivity index (χ1) is 4.65. The molecule has 1 N–H and O–H groups in total. The zero-order valence-electron chi connectivity index (χ0n) is 5.79. The van der Waals surface area contributed by atoms with Gasteiger partial charge >= 0.3 is 5.97 Å². The molecule has 4 nitrogen and oxygen atoms in total. The predicted octanol–water partition coefficient (Wildman–Crippen LogP) is 0.224. The largest absolute Gasteiger partial charge is 0.479 e. The van der Waals surface area contributed by atoms with Crippen molar-refractivity contribution in [2.24, 2.45) is 0 Å². The maximum atomic E-state index is 10.5. The van der Waals surface area contributed by atoms with Crippen LogP contribution in [0, 0.1) is 0 Å². The number of rotatable bonds is 1. The van der Waals surface area contributed by atoms with E-state index in [-0.39, 0.29) is 6.79 Å². The van der Waals surface area contributed by atoms with Gasteiger partial charge in [0.25, 0.3) is 0 Å². The maximum absolute atomic E-state index is 10.5. The Morgan fingerprint density at radius 2 is 2.40 bits per heavy atom. The summed E-state index contributed by atoms with van der Waals surface area (Å²) in [5.74, 6) is -0.921. The third-order valence-electron chi connectivity index (χ3n) is 1.64. The molecule has 58 valence electrons. The molecule has 4 heteroatoms. The van der Waals surface area contributed by atoms with Crippen LogP contribution >= 0.6 is 0 Å². The van der Waals surface area contributed by atoms with Gasteiger partial charge < -0.3 is 14.6 Å². The van der Waals surface area contributed by atoms with Gasteiger partial charge in [-0.05, 0) is 6.92 Å². The first kappa shape index (κ1) is 7.50. The van der Waals surface area contributed by atoms with Crippen LogP contribution < -0.4 is 0 Å². The van der Waals surface area contributed by atoms with E-state index in [1.165, 1.54) is 0 Å². The summed E-state index contributed by atoms with van der Waals surface area (Å²) in [5, 5.41) is 8.62. The lowest BCUT2D eigenvalue weighted by Crippen LogP contribution is -2.43. The Morgan fingerprint density at radius 1 is 1.70 bits per heavy atom. The van der Waals surface area contributed by atoms with Gasteiger partial charge in [-0.2, -0.15) is 0 Å². The zero-order chi connectivity index (χ0) is 7.61. The van der Waals surface area contributed by atoms with Gasteiger partial charge in [0.05, 0.1) is 6.61 Å². The first-order valence-electron chi connectivity index (χ1n) is 3.10. The molecular formula is C6H10O4. The lowest BCUT2D eigenvalue weighted by molar-refractivity contribution is -0.206. The number of hydrogen-bond donors (Lipinski definition) is 1. The molecule has 1 aliphatic rings. The highest BCUT2D eigenvalue weighted by atomic mass is 16.7. The molecule has 1 atom stereocenters. The Bertz CT molecular complexity index is 137. The van der Waals surface area contributed by atoms with Crippen molar-refractivity contribution in [2.75, 3.05) is 13.4 Å². The van der Waals surface area contributed by atoms with Gasteiger partial charge in [-0.1, -0.05) is 0 Å². The Labute approximate surface area is 58.7 Å². The molecule has 0 aromatic heterocycles. The molecular weight excluding hydrogens is 136 g/mol. The van der Waals surface area contributed by atoms with Gasteiger partial charge in [-0.25, -0.2) is 4.79 Å². The van der Waals surface area contributed by atoms with Crippen LogP contribution in [0.2, 0.25) is 0 Å². The lowest BCUT2D eigenvalue weighted by atomic mass is 10.0. The predicted molar refractivity (Wildman–Crippen MR) is 32.6 cm³/mol. The van der Waals surface area contributed by atoms with Crippen LogP contribution in [0.3, 0.4) is 0 Å². The average molecular weight is 146 g/mol. The van der Waals surface area contributed by atoms with Crippen molar-refractivity contribution < 1.29 is 19.4 Å². The van der Waals surface area contributed by atoms with Gasteiger partial charge in [0.1, 0.15) is 6.79 Å². The number of carbonyl (C=O) groups is 1. The Hall–Kier alpha value is -0.610. The standard InChI is InChI=1S/C6H10O4/c1-6(5(7)8)2-3-9-4-10-6/h2-4H2,1H3,(H,7,8). The summed E-state index contributed by atoms with van der Waals surface area (Å²) in [7, 11) is 0. The second-order valence-corrected chi connectivity index (χ2v) is 2.46. The van der Waals surface area contributed by atoms with E-state index in [1.807, 2.05) is 0 Å². The fraction of sp³-hybridized carbons (Fsp3) is 0.833. The van der Waals surface area contributed by atoms with Crippen LogP contribution in [-0.2, 0) is 14.3 Å². The highest BCUT2D eigenvalue weighted by Gasteiger charge is 2.36. The molecule has 0 bridgehead atoms. The molecule has 0 aliphatic carbocycles. The number of hydrogen-bond acceptors (Lipinski definition) is 3. The Kier molecular flexibility index (Phi) is 1.92. The van der Waals surface area contributed by atoms with E-state index in [1.54, 1.807) is 6.92 Å². The number of carboxylic acids is 1. The quantitative estimate of drug-likeness (QED) is 0.575. The minimum absolute atomic E-state index is 0.0861. The topological polar surface area (TPSA) is 55.8 Å². The van der Waals surface area contributed by atoms with Gasteiger partial charge in [0.15, 0.2) is 5.60 Å². The highest BCUT2D eigenvalue weighted by molar-refractivity contribution is 5.76. The summed E-state index contributed by atoms with van der Waals surface area (Å²) >= 11 is 0. The van der Waals surface area contributed by atoms with Crippen molar-refractivity contribution >= 4 is 5.97 Å². The normalized spacial score (nSPS) is 33.7. The minimum atomic E-state index is -1.03. The summed E-state index contributed by atoms with van der Waals surface area (Å²) in [6.07, 6.45) is 0.419. The van der Waals surface area contributed by atoms with Gasteiger partial charge in [0, 0.05) is 6.42 Å². The first-order valence-corrected chi connectivity index (χ1v) is 3.10. The second kappa shape index (κ2) is 2.56. The molecule has 1 aliphatic heterocycles. The van der Waals surface area contributed by atoms with Crippen molar-refractivity contribution in [3.8, 4) is 0 Å². The molecule has 1 fully saturated rings. The Balaban J connectivity index is 2.56. The van der Waals surface area contributed by atoms with Crippen LogP contribution in [0.4, 0.5) is 0 Å². The van der Waals surface area contributed by atoms with Gasteiger partial charge in [-0.3, -0.25) is 0 Å². The van der Waals surface area contributed by atoms with Gasteiger partial charge in [-0.15, -0.1) is 0 Å². The third kappa shape index (κ3) is 1.27. The van der Waals surface area contributed by atoms with Crippen molar-refractivity contribution in [2.45, 2.75) is 18.9 Å². The molecule has 1 unspecified atom stereocenters. The summed E-state index contributed by atoms with van der Waals surface area (Å²) in [6.45, 7) is 2.10.